The number of Topliss-reactive ketones (excluding diaryl/α,β-unsaturated/α-hetero) is 1. The molecule has 0 atom stereocenters. The minimum Gasteiger partial charge on any atom is -0.379 e. The molecule has 13 heteroatoms. The van der Waals surface area contributed by atoms with E-state index in [9.17, 15) is 9.59 Å². The number of carbonyl (C=O) groups is 2. The summed E-state index contributed by atoms with van der Waals surface area (Å²) in [6.07, 6.45) is 17.6. The van der Waals surface area contributed by atoms with Gasteiger partial charge in [0.25, 0.3) is 0 Å². The maximum atomic E-state index is 12.5. The number of nitrogens with one attached hydrogen (secondary N) is 2. The number of ether oxygens (including phenoxy) is 3. The Kier molecular flexibility index (Phi) is 20.6. The second kappa shape index (κ2) is 28.1. The van der Waals surface area contributed by atoms with Gasteiger partial charge in [-0.05, 0) is 105 Å². The summed E-state index contributed by atoms with van der Waals surface area (Å²) >= 11 is 3.63. The molecule has 4 heterocycles. The molecule has 0 aliphatic carbocycles. The van der Waals surface area contributed by atoms with Crippen LogP contribution in [0.5, 0.6) is 0 Å². The number of para-hydroxylation sites is 4. The third-order valence-corrected chi connectivity index (χ3v) is 15.5. The second-order valence-electron chi connectivity index (χ2n) is 18.4. The first kappa shape index (κ1) is 52.8. The van der Waals surface area contributed by atoms with Crippen LogP contribution in [0.3, 0.4) is 0 Å². The van der Waals surface area contributed by atoms with Gasteiger partial charge in [-0.3, -0.25) is 9.59 Å². The molecule has 0 radical (unpaired) electrons. The normalized spacial score (nSPS) is 14.2. The second-order valence-corrected chi connectivity index (χ2v) is 20.5. The number of hydrogen-bond acceptors (Lipinski definition) is 10. The quantitative estimate of drug-likeness (QED) is 0.0335. The minimum atomic E-state index is 0.104. The fourth-order valence-corrected chi connectivity index (χ4v) is 11.4. The molecule has 0 saturated carbocycles. The van der Waals surface area contributed by atoms with Crippen LogP contribution in [0.1, 0.15) is 75.3 Å². The Labute approximate surface area is 435 Å². The number of benzene rings is 4. The molecule has 72 heavy (non-hydrogen) atoms. The van der Waals surface area contributed by atoms with E-state index in [4.69, 9.17) is 14.2 Å². The van der Waals surface area contributed by atoms with Crippen molar-refractivity contribution in [1.29, 1.82) is 0 Å². The fourth-order valence-electron chi connectivity index (χ4n) is 9.19. The standard InChI is InChI=1S/C59H71N6O5S2/c1-62-53-24-11-13-26-55(53)71-58(62)43-46-29-35-64(51-22-9-7-20-49(46)51)33-15-3-5-19-48(66)45-60-31-17-37-68-39-41-70-42-40-69-38-18-32-61-57(67)28-6-4-16-34-65-36-30-47(50-21-8-10-23-52(50)65)44-59-63(2)54-25-12-14-27-56(54)72-59/h7-14,20-27,29-30,35-36,43-44,60H,3-6,15-19,28,31-34,37-42,45H2,1-2H3/q+1/p+1. The lowest BCUT2D eigenvalue weighted by atomic mass is 10.1. The van der Waals surface area contributed by atoms with Crippen molar-refractivity contribution in [2.75, 3.05) is 83.2 Å². The van der Waals surface area contributed by atoms with Crippen molar-refractivity contribution in [3.05, 3.63) is 143 Å². The molecular weight excluding hydrogens is 937 g/mol. The first-order valence-electron chi connectivity index (χ1n) is 25.9. The Morgan fingerprint density at radius 3 is 1.54 bits per heavy atom. The molecule has 1 amide bonds. The maximum Gasteiger partial charge on any atom is 0.219 e. The van der Waals surface area contributed by atoms with Crippen LogP contribution in [0.2, 0.25) is 0 Å². The third kappa shape index (κ3) is 15.0. The first-order chi connectivity index (χ1) is 35.4. The average molecular weight is 1010 g/mol. The lowest BCUT2D eigenvalue weighted by Gasteiger charge is -2.13. The molecule has 2 aliphatic rings. The summed E-state index contributed by atoms with van der Waals surface area (Å²) in [4.78, 5) is 32.1. The molecule has 2 aromatic heterocycles. The molecule has 8 rings (SSSR count). The van der Waals surface area contributed by atoms with Gasteiger partial charge in [0.2, 0.25) is 16.9 Å². The van der Waals surface area contributed by atoms with Crippen LogP contribution < -0.4 is 29.6 Å². The van der Waals surface area contributed by atoms with Crippen molar-refractivity contribution in [1.82, 2.24) is 10.6 Å². The van der Waals surface area contributed by atoms with Gasteiger partial charge in [0.1, 0.15) is 18.9 Å². The van der Waals surface area contributed by atoms with Gasteiger partial charge in [-0.15, -0.1) is 0 Å². The van der Waals surface area contributed by atoms with Crippen LogP contribution in [-0.2, 0) is 36.9 Å². The molecule has 0 unspecified atom stereocenters. The van der Waals surface area contributed by atoms with E-state index in [-0.39, 0.29) is 11.7 Å². The summed E-state index contributed by atoms with van der Waals surface area (Å²) in [5.41, 5.74) is 7.40. The van der Waals surface area contributed by atoms with E-state index in [1.165, 1.54) is 64.2 Å². The van der Waals surface area contributed by atoms with Gasteiger partial charge in [-0.2, -0.15) is 9.13 Å². The van der Waals surface area contributed by atoms with Crippen molar-refractivity contribution >= 4 is 80.5 Å². The molecule has 2 aliphatic heterocycles. The summed E-state index contributed by atoms with van der Waals surface area (Å²) < 4.78 is 21.7. The zero-order valence-corrected chi connectivity index (χ0v) is 43.8. The Bertz CT molecular complexity index is 2610. The molecule has 0 spiro atoms. The van der Waals surface area contributed by atoms with Crippen molar-refractivity contribution in [2.24, 2.45) is 0 Å². The van der Waals surface area contributed by atoms with Gasteiger partial charge >= 0.3 is 0 Å². The number of pyridine rings is 2. The largest absolute Gasteiger partial charge is 0.379 e. The number of anilines is 2. The predicted molar refractivity (Wildman–Crippen MR) is 295 cm³/mol. The van der Waals surface area contributed by atoms with Crippen molar-refractivity contribution < 1.29 is 32.9 Å². The predicted octanol–water partition coefficient (Wildman–Crippen LogP) is 10.6. The van der Waals surface area contributed by atoms with E-state index in [0.29, 0.717) is 65.6 Å². The molecule has 378 valence electrons. The number of fused-ring (bicyclic) bond motifs is 4. The van der Waals surface area contributed by atoms with Crippen molar-refractivity contribution in [2.45, 2.75) is 87.1 Å². The number of aromatic nitrogens is 2. The fraction of sp³-hybridized carbons (Fsp3) is 0.390. The topological polar surface area (TPSA) is 100 Å². The number of aryl methyl sites for hydroxylation is 2. The molecule has 0 bridgehead atoms. The third-order valence-electron chi connectivity index (χ3n) is 13.2. The van der Waals surface area contributed by atoms with E-state index in [1.54, 1.807) is 0 Å². The monoisotopic (exact) mass is 1010 g/mol. The molecule has 6 aromatic rings. The maximum absolute atomic E-state index is 12.5. The molecule has 4 aromatic carbocycles. The number of thioether (sulfide) groups is 2. The lowest BCUT2D eigenvalue weighted by molar-refractivity contribution is -0.672. The van der Waals surface area contributed by atoms with E-state index in [1.807, 2.05) is 23.5 Å². The number of rotatable bonds is 30. The van der Waals surface area contributed by atoms with Crippen LogP contribution in [0.25, 0.3) is 34.0 Å². The van der Waals surface area contributed by atoms with Gasteiger partial charge in [0.15, 0.2) is 12.4 Å². The highest BCUT2D eigenvalue weighted by molar-refractivity contribution is 8.04. The van der Waals surface area contributed by atoms with Gasteiger partial charge < -0.3 is 34.6 Å². The Morgan fingerprint density at radius 2 is 1.00 bits per heavy atom. The van der Waals surface area contributed by atoms with E-state index >= 15 is 0 Å². The first-order valence-corrected chi connectivity index (χ1v) is 27.6. The summed E-state index contributed by atoms with van der Waals surface area (Å²) in [6.45, 7) is 6.90. The number of carbonyl (C=O) groups excluding carboxylic acids is 2. The van der Waals surface area contributed by atoms with Crippen LogP contribution in [0.4, 0.5) is 11.4 Å². The number of amides is 1. The van der Waals surface area contributed by atoms with Gasteiger partial charge in [0.05, 0.1) is 65.2 Å². The van der Waals surface area contributed by atoms with E-state index < -0.39 is 0 Å². The number of hydrogen-bond donors (Lipinski definition) is 2. The average Bonchev–Trinajstić information content (AvgIpc) is 3.90. The highest BCUT2D eigenvalue weighted by atomic mass is 32.2. The smallest absolute Gasteiger partial charge is 0.219 e. The number of unbranched alkanes of at least 4 members (excludes halogenated alkanes) is 4. The van der Waals surface area contributed by atoms with Gasteiger partial charge in [-0.1, -0.05) is 72.1 Å². The SMILES string of the molecule is CN1C(=Cc2cc[n+](CCCCCC(=O)CNCCCOCCOCCOCCCNC(=O)CCCCC[n+]3ccc(C=C4Sc5ccccc5N4C)c4ccccc43)c3ccccc23)Sc2ccccc21. The lowest BCUT2D eigenvalue weighted by Crippen LogP contribution is -2.34. The Hall–Kier alpha value is -5.54. The highest BCUT2D eigenvalue weighted by Gasteiger charge is 2.24. The van der Waals surface area contributed by atoms with Crippen molar-refractivity contribution in [3.63, 3.8) is 0 Å². The zero-order valence-electron chi connectivity index (χ0n) is 42.2. The molecule has 2 N–H and O–H groups in total. The van der Waals surface area contributed by atoms with Crippen LogP contribution >= 0.6 is 23.5 Å². The summed E-state index contributed by atoms with van der Waals surface area (Å²) in [5.74, 6) is 0.368. The Morgan fingerprint density at radius 1 is 0.528 bits per heavy atom. The molecule has 0 fully saturated rings. The van der Waals surface area contributed by atoms with E-state index in [0.717, 1.165) is 71.0 Å². The van der Waals surface area contributed by atoms with E-state index in [2.05, 4.69) is 177 Å². The number of nitrogens with zero attached hydrogens (tertiary/aromatic N) is 4. The molecule has 11 nitrogen and oxygen atoms in total. The molecule has 0 saturated heterocycles. The summed E-state index contributed by atoms with van der Waals surface area (Å²) in [5, 5.41) is 11.3. The minimum absolute atomic E-state index is 0.104. The van der Waals surface area contributed by atoms with Crippen LogP contribution in [-0.4, -0.2) is 85.1 Å². The Balaban J connectivity index is 0.576. The van der Waals surface area contributed by atoms with Crippen LogP contribution in [0.15, 0.2) is 141 Å². The highest BCUT2D eigenvalue weighted by Crippen LogP contribution is 2.46. The van der Waals surface area contributed by atoms with Crippen LogP contribution in [0, 0.1) is 0 Å². The summed E-state index contributed by atoms with van der Waals surface area (Å²) in [7, 11) is 4.27. The van der Waals surface area contributed by atoms with Gasteiger partial charge in [-0.25, -0.2) is 0 Å². The molecular formula is C59H72N6O5S2+2. The number of ketones is 1. The zero-order chi connectivity index (χ0) is 49.7. The van der Waals surface area contributed by atoms with Gasteiger partial charge in [0, 0.05) is 93.6 Å². The van der Waals surface area contributed by atoms with Crippen molar-refractivity contribution in [3.8, 4) is 0 Å². The summed E-state index contributed by atoms with van der Waals surface area (Å²) in [6, 6.07) is 38.8.